The number of benzene rings is 2. The second-order valence-electron chi connectivity index (χ2n) is 9.94. The van der Waals surface area contributed by atoms with Gasteiger partial charge in [-0.3, -0.25) is 4.79 Å². The lowest BCUT2D eigenvalue weighted by molar-refractivity contribution is -0.121. The second kappa shape index (κ2) is 10.3. The Morgan fingerprint density at radius 2 is 1.78 bits per heavy atom. The Labute approximate surface area is 211 Å². The van der Waals surface area contributed by atoms with E-state index < -0.39 is 17.3 Å². The molecule has 1 aliphatic rings. The van der Waals surface area contributed by atoms with Crippen LogP contribution in [0.1, 0.15) is 43.9 Å². The first kappa shape index (κ1) is 25.7. The van der Waals surface area contributed by atoms with Crippen LogP contribution in [0.4, 0.5) is 4.79 Å². The number of methoxy groups -OCH3 is 1. The normalized spacial score (nSPS) is 20.5. The summed E-state index contributed by atoms with van der Waals surface area (Å²) in [5, 5.41) is 10.9. The molecule has 1 aromatic heterocycles. The maximum absolute atomic E-state index is 13.4. The number of carbonyl (C=O) groups excluding carboxylic acids is 1. The minimum absolute atomic E-state index is 0.0626. The summed E-state index contributed by atoms with van der Waals surface area (Å²) < 4.78 is 12.9. The molecule has 0 aliphatic carbocycles. The Morgan fingerprint density at radius 3 is 2.39 bits per heavy atom. The number of hydrogen-bond acceptors (Lipinski definition) is 5. The zero-order valence-corrected chi connectivity index (χ0v) is 21.3. The predicted octanol–water partition coefficient (Wildman–Crippen LogP) is 4.64. The summed E-state index contributed by atoms with van der Waals surface area (Å²) in [5.74, 6) is 0. The zero-order chi connectivity index (χ0) is 25.9. The molecular formula is C29H34N2O5. The molecule has 1 saturated heterocycles. The van der Waals surface area contributed by atoms with Crippen LogP contribution < -0.4 is 5.56 Å². The highest BCUT2D eigenvalue weighted by molar-refractivity contribution is 5.70. The number of aliphatic hydroxyl groups is 1. The molecule has 3 atom stereocenters. The lowest BCUT2D eigenvalue weighted by Gasteiger charge is -2.46. The number of carbonyl (C=O) groups is 1. The quantitative estimate of drug-likeness (QED) is 0.498. The first-order valence-electron chi connectivity index (χ1n) is 12.2. The molecule has 1 fully saturated rings. The third kappa shape index (κ3) is 5.37. The van der Waals surface area contributed by atoms with E-state index in [9.17, 15) is 14.7 Å². The summed E-state index contributed by atoms with van der Waals surface area (Å²) >= 11 is 0. The van der Waals surface area contributed by atoms with E-state index in [1.807, 2.05) is 67.6 Å². The van der Waals surface area contributed by atoms with Crippen LogP contribution in [0.2, 0.25) is 0 Å². The minimum atomic E-state index is -1.16. The molecule has 1 amide bonds. The smallest absolute Gasteiger partial charge is 0.411 e. The molecule has 2 aromatic carbocycles. The monoisotopic (exact) mass is 490 g/mol. The molecule has 2 heterocycles. The van der Waals surface area contributed by atoms with E-state index >= 15 is 0 Å². The number of cyclic esters (lactones) is 1. The van der Waals surface area contributed by atoms with Crippen molar-refractivity contribution in [2.24, 2.45) is 7.05 Å². The number of amides is 1. The fraction of sp³-hybridized carbons (Fsp3) is 0.379. The first-order valence-corrected chi connectivity index (χ1v) is 12.2. The van der Waals surface area contributed by atoms with Crippen LogP contribution in [0.5, 0.6) is 0 Å². The maximum Gasteiger partial charge on any atom is 0.411 e. The number of aryl methyl sites for hydroxylation is 1. The van der Waals surface area contributed by atoms with Crippen molar-refractivity contribution in [1.82, 2.24) is 9.47 Å². The van der Waals surface area contributed by atoms with Gasteiger partial charge >= 0.3 is 6.09 Å². The average molecular weight is 491 g/mol. The van der Waals surface area contributed by atoms with Gasteiger partial charge in [-0.2, -0.15) is 0 Å². The number of rotatable bonds is 8. The van der Waals surface area contributed by atoms with Gasteiger partial charge < -0.3 is 24.0 Å². The van der Waals surface area contributed by atoms with Crippen molar-refractivity contribution in [2.75, 3.05) is 20.3 Å². The van der Waals surface area contributed by atoms with Crippen LogP contribution in [0.3, 0.4) is 0 Å². The predicted molar refractivity (Wildman–Crippen MR) is 139 cm³/mol. The van der Waals surface area contributed by atoms with Gasteiger partial charge in [-0.15, -0.1) is 0 Å². The Kier molecular flexibility index (Phi) is 7.33. The van der Waals surface area contributed by atoms with Crippen molar-refractivity contribution < 1.29 is 19.4 Å². The summed E-state index contributed by atoms with van der Waals surface area (Å²) in [6.07, 6.45) is 2.11. The van der Waals surface area contributed by atoms with Crippen molar-refractivity contribution in [3.63, 3.8) is 0 Å². The summed E-state index contributed by atoms with van der Waals surface area (Å²) in [4.78, 5) is 27.1. The lowest BCUT2D eigenvalue weighted by Crippen LogP contribution is -2.52. The maximum atomic E-state index is 13.4. The fourth-order valence-electron chi connectivity index (χ4n) is 5.03. The minimum Gasteiger partial charge on any atom is -0.438 e. The molecule has 1 aliphatic heterocycles. The molecule has 0 radical (unpaired) electrons. The Hall–Kier alpha value is -3.42. The molecule has 0 spiro atoms. The van der Waals surface area contributed by atoms with Crippen molar-refractivity contribution in [1.29, 1.82) is 0 Å². The van der Waals surface area contributed by atoms with Gasteiger partial charge in [0.1, 0.15) is 5.60 Å². The summed E-state index contributed by atoms with van der Waals surface area (Å²) in [7, 11) is 3.27. The van der Waals surface area contributed by atoms with E-state index in [4.69, 9.17) is 9.47 Å². The van der Waals surface area contributed by atoms with Gasteiger partial charge in [-0.25, -0.2) is 4.79 Å². The number of nitrogens with zero attached hydrogens (tertiary/aromatic N) is 2. The highest BCUT2D eigenvalue weighted by Crippen LogP contribution is 2.42. The van der Waals surface area contributed by atoms with Gasteiger partial charge in [0, 0.05) is 45.8 Å². The number of aromatic nitrogens is 1. The molecule has 4 rings (SSSR count). The standard InChI is InChI=1S/C29H34N2O5/c1-21(22-10-12-23(13-11-22)24-14-16-30(3)26(32)18-24)31-17-15-29(36-27(31)33,19-28(2,34)20-35-4)25-8-6-5-7-9-25/h5-14,16,18,21,34H,15,17,19-20H2,1-4H3/t21-,28+,29-/m0/s1. The van der Waals surface area contributed by atoms with Crippen LogP contribution in [0.25, 0.3) is 11.1 Å². The highest BCUT2D eigenvalue weighted by Gasteiger charge is 2.47. The molecule has 190 valence electrons. The summed E-state index contributed by atoms with van der Waals surface area (Å²) in [6, 6.07) is 20.8. The summed E-state index contributed by atoms with van der Waals surface area (Å²) in [5.41, 5.74) is 1.46. The first-order chi connectivity index (χ1) is 17.1. The van der Waals surface area contributed by atoms with Crippen LogP contribution >= 0.6 is 0 Å². The Balaban J connectivity index is 1.54. The molecule has 3 aromatic rings. The molecule has 0 unspecified atom stereocenters. The van der Waals surface area contributed by atoms with Crippen molar-refractivity contribution in [3.8, 4) is 11.1 Å². The SMILES string of the molecule is COC[C@](C)(O)C[C@]1(c2ccccc2)CCN([C@@H](C)c2ccc(-c3ccn(C)c(=O)c3)cc2)C(=O)O1. The van der Waals surface area contributed by atoms with E-state index in [0.29, 0.717) is 13.0 Å². The lowest BCUT2D eigenvalue weighted by atomic mass is 9.79. The fourth-order valence-corrected chi connectivity index (χ4v) is 5.03. The van der Waals surface area contributed by atoms with E-state index in [-0.39, 0.29) is 24.6 Å². The van der Waals surface area contributed by atoms with E-state index in [1.165, 1.54) is 4.57 Å². The van der Waals surface area contributed by atoms with Gasteiger partial charge in [0.05, 0.1) is 18.2 Å². The zero-order valence-electron chi connectivity index (χ0n) is 21.3. The van der Waals surface area contributed by atoms with Gasteiger partial charge in [0.25, 0.3) is 5.56 Å². The largest absolute Gasteiger partial charge is 0.438 e. The average Bonchev–Trinajstić information content (AvgIpc) is 2.86. The van der Waals surface area contributed by atoms with Crippen molar-refractivity contribution >= 4 is 6.09 Å². The van der Waals surface area contributed by atoms with Crippen LogP contribution in [-0.4, -0.2) is 46.5 Å². The second-order valence-corrected chi connectivity index (χ2v) is 9.94. The van der Waals surface area contributed by atoms with Crippen LogP contribution in [0, 0.1) is 0 Å². The van der Waals surface area contributed by atoms with Gasteiger partial charge in [-0.1, -0.05) is 54.6 Å². The Morgan fingerprint density at radius 1 is 1.08 bits per heavy atom. The van der Waals surface area contributed by atoms with Crippen molar-refractivity contribution in [3.05, 3.63) is 94.4 Å². The van der Waals surface area contributed by atoms with Gasteiger partial charge in [0.15, 0.2) is 0 Å². The van der Waals surface area contributed by atoms with Crippen LogP contribution in [-0.2, 0) is 22.1 Å². The van der Waals surface area contributed by atoms with Crippen molar-refractivity contribution in [2.45, 2.75) is 43.9 Å². The number of pyridine rings is 1. The molecule has 7 nitrogen and oxygen atoms in total. The Bertz CT molecular complexity index is 1250. The molecule has 0 saturated carbocycles. The van der Waals surface area contributed by atoms with E-state index in [1.54, 1.807) is 38.2 Å². The molecule has 7 heteroatoms. The third-order valence-electron chi connectivity index (χ3n) is 6.99. The topological polar surface area (TPSA) is 81.0 Å². The van der Waals surface area contributed by atoms with E-state index in [2.05, 4.69) is 0 Å². The molecule has 0 bridgehead atoms. The molecule has 1 N–H and O–H groups in total. The summed E-state index contributed by atoms with van der Waals surface area (Å²) in [6.45, 7) is 4.30. The highest BCUT2D eigenvalue weighted by atomic mass is 16.6. The third-order valence-corrected chi connectivity index (χ3v) is 6.99. The van der Waals surface area contributed by atoms with E-state index in [0.717, 1.165) is 22.3 Å². The van der Waals surface area contributed by atoms with Gasteiger partial charge in [-0.05, 0) is 42.2 Å². The van der Waals surface area contributed by atoms with Crippen LogP contribution in [0.15, 0.2) is 77.7 Å². The number of hydrogen-bond donors (Lipinski definition) is 1. The van der Waals surface area contributed by atoms with Gasteiger partial charge in [0.2, 0.25) is 0 Å². The molecule has 36 heavy (non-hydrogen) atoms. The number of ether oxygens (including phenoxy) is 2. The molecular weight excluding hydrogens is 456 g/mol.